The van der Waals surface area contributed by atoms with Crippen molar-refractivity contribution in [3.8, 4) is 0 Å². The minimum atomic E-state index is -0.344. The van der Waals surface area contributed by atoms with Crippen LogP contribution in [-0.2, 0) is 16.1 Å². The van der Waals surface area contributed by atoms with Crippen LogP contribution in [0.5, 0.6) is 0 Å². The number of carbonyl (C=O) groups excluding carboxylic acids is 1. The van der Waals surface area contributed by atoms with Gasteiger partial charge in [0.25, 0.3) is 0 Å². The number of hydrogen-bond acceptors (Lipinski definition) is 5. The number of carbonyl (C=O) groups is 1. The molecule has 0 radical (unpaired) electrons. The Morgan fingerprint density at radius 3 is 3.10 bits per heavy atom. The minimum Gasteiger partial charge on any atom is -0.377 e. The molecule has 0 aliphatic carbocycles. The van der Waals surface area contributed by atoms with E-state index in [9.17, 15) is 4.79 Å². The molecule has 3 N–H and O–H groups in total. The molecule has 1 aliphatic heterocycles. The number of nitrogens with one attached hydrogen (secondary N) is 1. The molecule has 6 nitrogen and oxygen atoms in total. The number of rotatable bonds is 4. The first-order valence-corrected chi connectivity index (χ1v) is 6.96. The van der Waals surface area contributed by atoms with Crippen molar-refractivity contribution in [2.24, 2.45) is 5.73 Å². The second kappa shape index (κ2) is 6.67. The van der Waals surface area contributed by atoms with Gasteiger partial charge >= 0.3 is 0 Å². The van der Waals surface area contributed by atoms with Gasteiger partial charge < -0.3 is 20.7 Å². The normalized spacial score (nSPS) is 18.9. The number of morpholine rings is 1. The highest BCUT2D eigenvalue weighted by atomic mass is 16.5. The molecule has 2 heterocycles. The van der Waals surface area contributed by atoms with E-state index in [4.69, 9.17) is 10.5 Å². The fourth-order valence-corrected chi connectivity index (χ4v) is 2.35. The fraction of sp³-hybridized carbons (Fsp3) is 0.571. The maximum atomic E-state index is 12.2. The fourth-order valence-electron chi connectivity index (χ4n) is 2.35. The van der Waals surface area contributed by atoms with Crippen LogP contribution in [-0.4, -0.2) is 43.2 Å². The van der Waals surface area contributed by atoms with Crippen molar-refractivity contribution in [2.45, 2.75) is 26.4 Å². The van der Waals surface area contributed by atoms with Crippen molar-refractivity contribution in [1.82, 2.24) is 10.3 Å². The number of anilines is 1. The van der Waals surface area contributed by atoms with E-state index >= 15 is 0 Å². The van der Waals surface area contributed by atoms with Crippen LogP contribution in [0.1, 0.15) is 18.2 Å². The number of amides is 1. The number of aromatic nitrogens is 1. The lowest BCUT2D eigenvalue weighted by molar-refractivity contribution is -0.124. The largest absolute Gasteiger partial charge is 0.377 e. The average molecular weight is 278 g/mol. The maximum absolute atomic E-state index is 12.2. The number of nitrogens with two attached hydrogens (primary N) is 1. The molecule has 0 bridgehead atoms. The van der Waals surface area contributed by atoms with Gasteiger partial charge in [0, 0.05) is 30.9 Å². The third-order valence-corrected chi connectivity index (χ3v) is 3.37. The monoisotopic (exact) mass is 278 g/mol. The van der Waals surface area contributed by atoms with Gasteiger partial charge in [0.15, 0.2) is 0 Å². The quantitative estimate of drug-likeness (QED) is 0.822. The molecule has 2 rings (SSSR count). The van der Waals surface area contributed by atoms with Crippen LogP contribution in [0.4, 0.5) is 5.82 Å². The van der Waals surface area contributed by atoms with Crippen LogP contribution < -0.4 is 16.0 Å². The summed E-state index contributed by atoms with van der Waals surface area (Å²) in [7, 11) is 0. The maximum Gasteiger partial charge on any atom is 0.245 e. The van der Waals surface area contributed by atoms with Crippen LogP contribution in [0.2, 0.25) is 0 Å². The number of nitrogens with zero attached hydrogens (tertiary/aromatic N) is 2. The predicted octanol–water partition coefficient (Wildman–Crippen LogP) is 0.190. The van der Waals surface area contributed by atoms with Gasteiger partial charge in [-0.15, -0.1) is 0 Å². The highest BCUT2D eigenvalue weighted by molar-refractivity contribution is 5.85. The topological polar surface area (TPSA) is 80.5 Å². The Hall–Kier alpha value is -1.66. The molecule has 1 aliphatic rings. The van der Waals surface area contributed by atoms with E-state index in [0.717, 1.165) is 17.1 Å². The summed E-state index contributed by atoms with van der Waals surface area (Å²) in [4.78, 5) is 18.7. The van der Waals surface area contributed by atoms with Crippen LogP contribution in [0.15, 0.2) is 12.1 Å². The van der Waals surface area contributed by atoms with Gasteiger partial charge in [-0.1, -0.05) is 6.07 Å². The zero-order chi connectivity index (χ0) is 14.5. The summed E-state index contributed by atoms with van der Waals surface area (Å²) < 4.78 is 5.44. The SMILES string of the molecule is CCNC(=O)C1COCCN1c1nc(C)ccc1CN. The van der Waals surface area contributed by atoms with Gasteiger partial charge in [0.2, 0.25) is 5.91 Å². The summed E-state index contributed by atoms with van der Waals surface area (Å²) in [6.45, 7) is 6.47. The van der Waals surface area contributed by atoms with E-state index in [1.54, 1.807) is 0 Å². The predicted molar refractivity (Wildman–Crippen MR) is 77.5 cm³/mol. The first-order valence-electron chi connectivity index (χ1n) is 6.96. The molecule has 0 saturated carbocycles. The van der Waals surface area contributed by atoms with Crippen molar-refractivity contribution >= 4 is 11.7 Å². The average Bonchev–Trinajstić information content (AvgIpc) is 2.47. The number of aryl methyl sites for hydroxylation is 1. The Morgan fingerprint density at radius 2 is 2.40 bits per heavy atom. The Labute approximate surface area is 119 Å². The highest BCUT2D eigenvalue weighted by Gasteiger charge is 2.31. The Bertz CT molecular complexity index is 478. The standard InChI is InChI=1S/C14H22N4O2/c1-3-16-14(19)12-9-20-7-6-18(12)13-11(8-15)5-4-10(2)17-13/h4-5,12H,3,6-9,15H2,1-2H3,(H,16,19). The number of ether oxygens (including phenoxy) is 1. The smallest absolute Gasteiger partial charge is 0.245 e. The molecule has 110 valence electrons. The van der Waals surface area contributed by atoms with Gasteiger partial charge in [-0.25, -0.2) is 4.98 Å². The molecule has 1 fully saturated rings. The van der Waals surface area contributed by atoms with Gasteiger partial charge in [0.1, 0.15) is 11.9 Å². The molecule has 6 heteroatoms. The van der Waals surface area contributed by atoms with E-state index in [1.807, 2.05) is 30.9 Å². The highest BCUT2D eigenvalue weighted by Crippen LogP contribution is 2.22. The lowest BCUT2D eigenvalue weighted by Crippen LogP contribution is -2.54. The number of likely N-dealkylation sites (N-methyl/N-ethyl adjacent to an activating group) is 1. The van der Waals surface area contributed by atoms with Crippen molar-refractivity contribution in [2.75, 3.05) is 31.2 Å². The van der Waals surface area contributed by atoms with E-state index in [2.05, 4.69) is 10.3 Å². The first kappa shape index (κ1) is 14.7. The zero-order valence-electron chi connectivity index (χ0n) is 12.1. The summed E-state index contributed by atoms with van der Waals surface area (Å²) in [5.74, 6) is 0.769. The van der Waals surface area contributed by atoms with E-state index in [1.165, 1.54) is 0 Å². The van der Waals surface area contributed by atoms with Crippen molar-refractivity contribution < 1.29 is 9.53 Å². The van der Waals surface area contributed by atoms with Crippen LogP contribution >= 0.6 is 0 Å². The van der Waals surface area contributed by atoms with Crippen molar-refractivity contribution in [3.63, 3.8) is 0 Å². The zero-order valence-corrected chi connectivity index (χ0v) is 12.1. The molecule has 1 amide bonds. The lowest BCUT2D eigenvalue weighted by atomic mass is 10.1. The summed E-state index contributed by atoms with van der Waals surface area (Å²) in [6, 6.07) is 3.57. The summed E-state index contributed by atoms with van der Waals surface area (Å²) in [6.07, 6.45) is 0. The minimum absolute atomic E-state index is 0.0292. The molecule has 1 atom stereocenters. The van der Waals surface area contributed by atoms with Gasteiger partial charge in [-0.3, -0.25) is 4.79 Å². The second-order valence-corrected chi connectivity index (χ2v) is 4.82. The van der Waals surface area contributed by atoms with Crippen molar-refractivity contribution in [1.29, 1.82) is 0 Å². The second-order valence-electron chi connectivity index (χ2n) is 4.82. The molecular weight excluding hydrogens is 256 g/mol. The van der Waals surface area contributed by atoms with Crippen molar-refractivity contribution in [3.05, 3.63) is 23.4 Å². The molecule has 0 spiro atoms. The Balaban J connectivity index is 2.32. The molecule has 1 aromatic heterocycles. The Kier molecular flexibility index (Phi) is 4.92. The first-order chi connectivity index (χ1) is 9.67. The van der Waals surface area contributed by atoms with Crippen LogP contribution in [0.25, 0.3) is 0 Å². The van der Waals surface area contributed by atoms with E-state index < -0.39 is 0 Å². The number of pyridine rings is 1. The molecule has 1 unspecified atom stereocenters. The van der Waals surface area contributed by atoms with Crippen LogP contribution in [0.3, 0.4) is 0 Å². The third kappa shape index (κ3) is 3.08. The lowest BCUT2D eigenvalue weighted by Gasteiger charge is -2.36. The molecule has 20 heavy (non-hydrogen) atoms. The van der Waals surface area contributed by atoms with Gasteiger partial charge in [0.05, 0.1) is 13.2 Å². The van der Waals surface area contributed by atoms with Crippen LogP contribution in [0, 0.1) is 6.92 Å². The summed E-state index contributed by atoms with van der Waals surface area (Å²) >= 11 is 0. The van der Waals surface area contributed by atoms with E-state index in [0.29, 0.717) is 32.8 Å². The molecule has 1 aromatic rings. The molecule has 0 aromatic carbocycles. The van der Waals surface area contributed by atoms with E-state index in [-0.39, 0.29) is 11.9 Å². The third-order valence-electron chi connectivity index (χ3n) is 3.37. The van der Waals surface area contributed by atoms with Gasteiger partial charge in [-0.2, -0.15) is 0 Å². The summed E-state index contributed by atoms with van der Waals surface area (Å²) in [5, 5.41) is 2.85. The molecule has 1 saturated heterocycles. The summed E-state index contributed by atoms with van der Waals surface area (Å²) in [5.41, 5.74) is 7.66. The Morgan fingerprint density at radius 1 is 1.60 bits per heavy atom. The number of hydrogen-bond donors (Lipinski definition) is 2. The molecular formula is C14H22N4O2. The van der Waals surface area contributed by atoms with Gasteiger partial charge in [-0.05, 0) is 19.9 Å².